The van der Waals surface area contributed by atoms with Crippen molar-refractivity contribution in [3.63, 3.8) is 0 Å². The van der Waals surface area contributed by atoms with Crippen LogP contribution < -0.4 is 4.74 Å². The van der Waals surface area contributed by atoms with Crippen molar-refractivity contribution < 1.29 is 14.6 Å². The van der Waals surface area contributed by atoms with E-state index in [9.17, 15) is 4.79 Å². The summed E-state index contributed by atoms with van der Waals surface area (Å²) in [6.45, 7) is 2.48. The average molecular weight is 260 g/mol. The van der Waals surface area contributed by atoms with Gasteiger partial charge in [-0.15, -0.1) is 0 Å². The van der Waals surface area contributed by atoms with Crippen LogP contribution in [0, 0.1) is 0 Å². The molecular weight excluding hydrogens is 244 g/mol. The summed E-state index contributed by atoms with van der Waals surface area (Å²) in [6, 6.07) is 7.66. The summed E-state index contributed by atoms with van der Waals surface area (Å²) in [5.74, 6) is 0.551. The Hall–Kier alpha value is -2.30. The second kappa shape index (κ2) is 5.56. The molecule has 0 saturated heterocycles. The first-order valence-corrected chi connectivity index (χ1v) is 6.07. The molecular formula is C14H16N2O3. The van der Waals surface area contributed by atoms with Gasteiger partial charge in [-0.3, -0.25) is 0 Å². The molecule has 0 aliphatic rings. The SMILES string of the molecule is CCn1c(C(=O)O)cnc1Cc1ccccc1OC. The fraction of sp³-hybridized carbons (Fsp3) is 0.286. The molecule has 0 atom stereocenters. The van der Waals surface area contributed by atoms with Crippen LogP contribution >= 0.6 is 0 Å². The van der Waals surface area contributed by atoms with Gasteiger partial charge in [0.2, 0.25) is 0 Å². The van der Waals surface area contributed by atoms with Gasteiger partial charge in [-0.2, -0.15) is 0 Å². The first-order chi connectivity index (χ1) is 9.17. The molecule has 0 radical (unpaired) electrons. The van der Waals surface area contributed by atoms with Gasteiger partial charge in [0, 0.05) is 18.5 Å². The number of para-hydroxylation sites is 1. The molecule has 5 heteroatoms. The predicted octanol–water partition coefficient (Wildman–Crippen LogP) is 2.20. The van der Waals surface area contributed by atoms with Crippen molar-refractivity contribution >= 4 is 5.97 Å². The first-order valence-electron chi connectivity index (χ1n) is 6.07. The van der Waals surface area contributed by atoms with Crippen molar-refractivity contribution in [2.75, 3.05) is 7.11 Å². The minimum absolute atomic E-state index is 0.215. The Bertz CT molecular complexity index is 590. The van der Waals surface area contributed by atoms with Crippen molar-refractivity contribution in [1.29, 1.82) is 0 Å². The van der Waals surface area contributed by atoms with Gasteiger partial charge >= 0.3 is 5.97 Å². The highest BCUT2D eigenvalue weighted by molar-refractivity contribution is 5.85. The van der Waals surface area contributed by atoms with E-state index in [1.165, 1.54) is 6.20 Å². The van der Waals surface area contributed by atoms with E-state index >= 15 is 0 Å². The molecule has 2 aromatic rings. The van der Waals surface area contributed by atoms with E-state index in [-0.39, 0.29) is 5.69 Å². The number of benzene rings is 1. The Balaban J connectivity index is 2.36. The van der Waals surface area contributed by atoms with Crippen LogP contribution in [0.2, 0.25) is 0 Å². The monoisotopic (exact) mass is 260 g/mol. The van der Waals surface area contributed by atoms with Crippen molar-refractivity contribution in [3.8, 4) is 5.75 Å². The highest BCUT2D eigenvalue weighted by atomic mass is 16.5. The van der Waals surface area contributed by atoms with Gasteiger partial charge in [0.05, 0.1) is 13.3 Å². The zero-order valence-electron chi connectivity index (χ0n) is 11.0. The number of rotatable bonds is 5. The number of nitrogens with zero attached hydrogens (tertiary/aromatic N) is 2. The maximum Gasteiger partial charge on any atom is 0.354 e. The van der Waals surface area contributed by atoms with Gasteiger partial charge in [-0.25, -0.2) is 9.78 Å². The van der Waals surface area contributed by atoms with Gasteiger partial charge < -0.3 is 14.4 Å². The van der Waals surface area contributed by atoms with Gasteiger partial charge in [0.25, 0.3) is 0 Å². The summed E-state index contributed by atoms with van der Waals surface area (Å²) in [5, 5.41) is 9.09. The maximum atomic E-state index is 11.1. The molecule has 0 fully saturated rings. The topological polar surface area (TPSA) is 64.4 Å². The maximum absolute atomic E-state index is 11.1. The second-order valence-electron chi connectivity index (χ2n) is 4.10. The van der Waals surface area contributed by atoms with E-state index in [0.717, 1.165) is 17.1 Å². The summed E-state index contributed by atoms with van der Waals surface area (Å²) in [6.07, 6.45) is 1.95. The van der Waals surface area contributed by atoms with Gasteiger partial charge in [0.15, 0.2) is 0 Å². The molecule has 0 aliphatic heterocycles. The molecule has 1 aromatic heterocycles. The number of carboxylic acid groups (broad SMARTS) is 1. The Morgan fingerprint density at radius 2 is 2.16 bits per heavy atom. The van der Waals surface area contributed by atoms with E-state index in [4.69, 9.17) is 9.84 Å². The summed E-state index contributed by atoms with van der Waals surface area (Å²) in [5.41, 5.74) is 1.20. The minimum Gasteiger partial charge on any atom is -0.496 e. The number of methoxy groups -OCH3 is 1. The fourth-order valence-electron chi connectivity index (χ4n) is 2.10. The predicted molar refractivity (Wildman–Crippen MR) is 70.7 cm³/mol. The number of aromatic carboxylic acids is 1. The fourth-order valence-corrected chi connectivity index (χ4v) is 2.10. The van der Waals surface area contributed by atoms with Crippen LogP contribution in [0.3, 0.4) is 0 Å². The third-order valence-corrected chi connectivity index (χ3v) is 3.01. The Morgan fingerprint density at radius 1 is 1.42 bits per heavy atom. The van der Waals surface area contributed by atoms with Crippen LogP contribution in [0.15, 0.2) is 30.5 Å². The van der Waals surface area contributed by atoms with E-state index in [2.05, 4.69) is 4.98 Å². The van der Waals surface area contributed by atoms with Crippen molar-refractivity contribution in [1.82, 2.24) is 9.55 Å². The Morgan fingerprint density at radius 3 is 2.79 bits per heavy atom. The van der Waals surface area contributed by atoms with Crippen LogP contribution in [0.4, 0.5) is 0 Å². The van der Waals surface area contributed by atoms with Crippen molar-refractivity contribution in [2.24, 2.45) is 0 Å². The van der Waals surface area contributed by atoms with Gasteiger partial charge in [-0.1, -0.05) is 18.2 Å². The molecule has 2 rings (SSSR count). The zero-order chi connectivity index (χ0) is 13.8. The molecule has 0 spiro atoms. The minimum atomic E-state index is -0.958. The number of imidazole rings is 1. The number of carboxylic acids is 1. The molecule has 1 heterocycles. The number of carbonyl (C=O) groups is 1. The smallest absolute Gasteiger partial charge is 0.354 e. The highest BCUT2D eigenvalue weighted by Crippen LogP contribution is 2.21. The molecule has 1 aromatic carbocycles. The van der Waals surface area contributed by atoms with Crippen molar-refractivity contribution in [2.45, 2.75) is 19.9 Å². The third-order valence-electron chi connectivity index (χ3n) is 3.01. The molecule has 5 nitrogen and oxygen atoms in total. The first kappa shape index (κ1) is 13.1. The highest BCUT2D eigenvalue weighted by Gasteiger charge is 2.15. The lowest BCUT2D eigenvalue weighted by Crippen LogP contribution is -2.10. The zero-order valence-corrected chi connectivity index (χ0v) is 11.0. The lowest BCUT2D eigenvalue weighted by molar-refractivity contribution is 0.0685. The molecule has 0 amide bonds. The van der Waals surface area contributed by atoms with Crippen LogP contribution in [0.5, 0.6) is 5.75 Å². The molecule has 0 bridgehead atoms. The largest absolute Gasteiger partial charge is 0.496 e. The normalized spacial score (nSPS) is 10.4. The Labute approximate surface area is 111 Å². The number of hydrogen-bond donors (Lipinski definition) is 1. The Kier molecular flexibility index (Phi) is 3.85. The lowest BCUT2D eigenvalue weighted by Gasteiger charge is -2.10. The number of ether oxygens (including phenoxy) is 1. The summed E-state index contributed by atoms with van der Waals surface area (Å²) in [4.78, 5) is 15.3. The number of aromatic nitrogens is 2. The van der Waals surface area contributed by atoms with E-state index in [1.54, 1.807) is 11.7 Å². The third kappa shape index (κ3) is 2.59. The molecule has 100 valence electrons. The van der Waals surface area contributed by atoms with Crippen LogP contribution in [0.1, 0.15) is 28.8 Å². The van der Waals surface area contributed by atoms with Gasteiger partial charge in [-0.05, 0) is 13.0 Å². The summed E-state index contributed by atoms with van der Waals surface area (Å²) < 4.78 is 7.00. The standard InChI is InChI=1S/C14H16N2O3/c1-3-16-11(14(17)18)9-15-13(16)8-10-6-4-5-7-12(10)19-2/h4-7,9H,3,8H2,1-2H3,(H,17,18). The molecule has 19 heavy (non-hydrogen) atoms. The average Bonchev–Trinajstić information content (AvgIpc) is 2.82. The molecule has 1 N–H and O–H groups in total. The molecule has 0 saturated carbocycles. The summed E-state index contributed by atoms with van der Waals surface area (Å²) in [7, 11) is 1.62. The van der Waals surface area contributed by atoms with E-state index < -0.39 is 5.97 Å². The number of hydrogen-bond acceptors (Lipinski definition) is 3. The van der Waals surface area contributed by atoms with E-state index in [0.29, 0.717) is 13.0 Å². The van der Waals surface area contributed by atoms with Crippen LogP contribution in [-0.2, 0) is 13.0 Å². The van der Waals surface area contributed by atoms with Crippen LogP contribution in [-0.4, -0.2) is 27.7 Å². The summed E-state index contributed by atoms with van der Waals surface area (Å²) >= 11 is 0. The second-order valence-corrected chi connectivity index (χ2v) is 4.10. The van der Waals surface area contributed by atoms with Crippen molar-refractivity contribution in [3.05, 3.63) is 47.5 Å². The van der Waals surface area contributed by atoms with E-state index in [1.807, 2.05) is 31.2 Å². The molecule has 0 unspecified atom stereocenters. The molecule has 0 aliphatic carbocycles. The lowest BCUT2D eigenvalue weighted by atomic mass is 10.1. The quantitative estimate of drug-likeness (QED) is 0.895. The van der Waals surface area contributed by atoms with Gasteiger partial charge in [0.1, 0.15) is 17.3 Å². The van der Waals surface area contributed by atoms with Crippen LogP contribution in [0.25, 0.3) is 0 Å².